The van der Waals surface area contributed by atoms with E-state index in [0.29, 0.717) is 5.02 Å². The second-order valence-corrected chi connectivity index (χ2v) is 3.99. The molecule has 1 aromatic carbocycles. The van der Waals surface area contributed by atoms with E-state index in [9.17, 15) is 0 Å². The number of anilines is 2. The summed E-state index contributed by atoms with van der Waals surface area (Å²) in [5, 5.41) is 13.0. The first-order chi connectivity index (χ1) is 7.70. The van der Waals surface area contributed by atoms with Gasteiger partial charge in [-0.2, -0.15) is 0 Å². The van der Waals surface area contributed by atoms with Crippen molar-refractivity contribution in [3.05, 3.63) is 46.9 Å². The first kappa shape index (κ1) is 11.0. The third kappa shape index (κ3) is 2.21. The number of benzene rings is 1. The summed E-state index contributed by atoms with van der Waals surface area (Å²) in [6.45, 7) is 1.92. The van der Waals surface area contributed by atoms with E-state index >= 15 is 0 Å². The van der Waals surface area contributed by atoms with Crippen LogP contribution in [-0.4, -0.2) is 5.11 Å². The van der Waals surface area contributed by atoms with E-state index in [4.69, 9.17) is 21.1 Å². The normalized spacial score (nSPS) is 10.4. The SMILES string of the molecule is Cc1cc(Cl)ccc1Nc1cocc1CO. The van der Waals surface area contributed by atoms with Gasteiger partial charge in [0, 0.05) is 16.3 Å². The van der Waals surface area contributed by atoms with Gasteiger partial charge >= 0.3 is 0 Å². The van der Waals surface area contributed by atoms with Crippen LogP contribution in [0, 0.1) is 6.92 Å². The van der Waals surface area contributed by atoms with Gasteiger partial charge in [0.15, 0.2) is 0 Å². The lowest BCUT2D eigenvalue weighted by molar-refractivity contribution is 0.281. The number of aryl methyl sites for hydroxylation is 1. The monoisotopic (exact) mass is 237 g/mol. The second kappa shape index (κ2) is 4.60. The Balaban J connectivity index is 2.27. The maximum atomic E-state index is 9.08. The molecule has 2 rings (SSSR count). The summed E-state index contributed by atoms with van der Waals surface area (Å²) >= 11 is 5.87. The first-order valence-electron chi connectivity index (χ1n) is 4.90. The van der Waals surface area contributed by atoms with Crippen LogP contribution >= 0.6 is 11.6 Å². The van der Waals surface area contributed by atoms with Gasteiger partial charge in [-0.25, -0.2) is 0 Å². The van der Waals surface area contributed by atoms with Gasteiger partial charge in [-0.3, -0.25) is 0 Å². The number of halogens is 1. The molecule has 0 spiro atoms. The molecule has 0 saturated carbocycles. The Morgan fingerprint density at radius 2 is 2.12 bits per heavy atom. The third-order valence-electron chi connectivity index (χ3n) is 2.37. The zero-order valence-corrected chi connectivity index (χ0v) is 9.58. The molecule has 1 aromatic heterocycles. The molecular weight excluding hydrogens is 226 g/mol. The van der Waals surface area contributed by atoms with Crippen LogP contribution in [0.25, 0.3) is 0 Å². The third-order valence-corrected chi connectivity index (χ3v) is 2.61. The topological polar surface area (TPSA) is 45.4 Å². The molecule has 4 heteroatoms. The van der Waals surface area contributed by atoms with E-state index in [1.165, 1.54) is 6.26 Å². The van der Waals surface area contributed by atoms with Crippen molar-refractivity contribution in [2.75, 3.05) is 5.32 Å². The Morgan fingerprint density at radius 1 is 1.31 bits per heavy atom. The molecule has 0 fully saturated rings. The van der Waals surface area contributed by atoms with E-state index < -0.39 is 0 Å². The lowest BCUT2D eigenvalue weighted by Crippen LogP contribution is -1.94. The summed E-state index contributed by atoms with van der Waals surface area (Å²) in [6.07, 6.45) is 3.09. The molecule has 1 heterocycles. The Morgan fingerprint density at radius 3 is 2.81 bits per heavy atom. The van der Waals surface area contributed by atoms with Gasteiger partial charge in [0.05, 0.1) is 18.6 Å². The maximum Gasteiger partial charge on any atom is 0.114 e. The summed E-state index contributed by atoms with van der Waals surface area (Å²) in [4.78, 5) is 0. The minimum atomic E-state index is -0.0501. The van der Waals surface area contributed by atoms with E-state index in [0.717, 1.165) is 22.5 Å². The van der Waals surface area contributed by atoms with Crippen molar-refractivity contribution in [3.63, 3.8) is 0 Å². The average Bonchev–Trinajstić information content (AvgIpc) is 2.69. The van der Waals surface area contributed by atoms with Crippen LogP contribution in [0.1, 0.15) is 11.1 Å². The van der Waals surface area contributed by atoms with Crippen molar-refractivity contribution in [2.45, 2.75) is 13.5 Å². The lowest BCUT2D eigenvalue weighted by Gasteiger charge is -2.08. The van der Waals surface area contributed by atoms with Crippen molar-refractivity contribution in [3.8, 4) is 0 Å². The fourth-order valence-electron chi connectivity index (χ4n) is 1.47. The zero-order chi connectivity index (χ0) is 11.5. The average molecular weight is 238 g/mol. The predicted octanol–water partition coefficient (Wildman–Crippen LogP) is 3.48. The highest BCUT2D eigenvalue weighted by Gasteiger charge is 2.06. The molecule has 2 aromatic rings. The highest BCUT2D eigenvalue weighted by Crippen LogP contribution is 2.26. The molecule has 0 radical (unpaired) electrons. The van der Waals surface area contributed by atoms with E-state index in [1.54, 1.807) is 6.26 Å². The van der Waals surface area contributed by atoms with Crippen molar-refractivity contribution in [2.24, 2.45) is 0 Å². The molecule has 0 aliphatic carbocycles. The smallest absolute Gasteiger partial charge is 0.114 e. The molecule has 2 N–H and O–H groups in total. The molecular formula is C12H12ClNO2. The molecule has 0 aliphatic heterocycles. The Kier molecular flexibility index (Phi) is 3.17. The van der Waals surface area contributed by atoms with Crippen LogP contribution in [-0.2, 0) is 6.61 Å². The Bertz CT molecular complexity index is 494. The van der Waals surface area contributed by atoms with Crippen molar-refractivity contribution < 1.29 is 9.52 Å². The predicted molar refractivity (Wildman–Crippen MR) is 64.1 cm³/mol. The summed E-state index contributed by atoms with van der Waals surface area (Å²) < 4.78 is 5.02. The number of rotatable bonds is 3. The lowest BCUT2D eigenvalue weighted by atomic mass is 10.2. The number of aliphatic hydroxyl groups is 1. The van der Waals surface area contributed by atoms with Gasteiger partial charge in [-0.05, 0) is 30.7 Å². The van der Waals surface area contributed by atoms with Gasteiger partial charge in [-0.15, -0.1) is 0 Å². The number of furan rings is 1. The summed E-state index contributed by atoms with van der Waals surface area (Å²) in [7, 11) is 0. The van der Waals surface area contributed by atoms with Crippen molar-refractivity contribution in [1.82, 2.24) is 0 Å². The number of hydrogen-bond donors (Lipinski definition) is 2. The maximum absolute atomic E-state index is 9.08. The summed E-state index contributed by atoms with van der Waals surface area (Å²) in [5.74, 6) is 0. The van der Waals surface area contributed by atoms with Crippen molar-refractivity contribution >= 4 is 23.0 Å². The molecule has 0 amide bonds. The zero-order valence-electron chi connectivity index (χ0n) is 8.83. The highest BCUT2D eigenvalue weighted by atomic mass is 35.5. The van der Waals surface area contributed by atoms with Crippen LogP contribution < -0.4 is 5.32 Å². The second-order valence-electron chi connectivity index (χ2n) is 3.55. The van der Waals surface area contributed by atoms with Crippen LogP contribution in [0.5, 0.6) is 0 Å². The number of hydrogen-bond acceptors (Lipinski definition) is 3. The molecule has 3 nitrogen and oxygen atoms in total. The largest absolute Gasteiger partial charge is 0.470 e. The molecule has 84 valence electrons. The standard InChI is InChI=1S/C12H12ClNO2/c1-8-4-10(13)2-3-11(8)14-12-7-16-6-9(12)5-15/h2-4,6-7,14-15H,5H2,1H3. The van der Waals surface area contributed by atoms with Gasteiger partial charge in [0.1, 0.15) is 6.26 Å². The molecule has 0 atom stereocenters. The Labute approximate surface area is 98.7 Å². The molecule has 0 bridgehead atoms. The minimum Gasteiger partial charge on any atom is -0.470 e. The van der Waals surface area contributed by atoms with E-state index in [1.807, 2.05) is 25.1 Å². The molecule has 0 unspecified atom stereocenters. The first-order valence-corrected chi connectivity index (χ1v) is 5.27. The van der Waals surface area contributed by atoms with Crippen LogP contribution in [0.4, 0.5) is 11.4 Å². The minimum absolute atomic E-state index is 0.0501. The van der Waals surface area contributed by atoms with Crippen LogP contribution in [0.3, 0.4) is 0 Å². The van der Waals surface area contributed by atoms with Gasteiger partial charge < -0.3 is 14.8 Å². The van der Waals surface area contributed by atoms with E-state index in [2.05, 4.69) is 5.32 Å². The summed E-state index contributed by atoms with van der Waals surface area (Å²) in [5.41, 5.74) is 3.49. The van der Waals surface area contributed by atoms with Crippen LogP contribution in [0.2, 0.25) is 5.02 Å². The Hall–Kier alpha value is -1.45. The quantitative estimate of drug-likeness (QED) is 0.859. The van der Waals surface area contributed by atoms with Gasteiger partial charge in [0.2, 0.25) is 0 Å². The highest BCUT2D eigenvalue weighted by molar-refractivity contribution is 6.30. The van der Waals surface area contributed by atoms with Crippen LogP contribution in [0.15, 0.2) is 35.1 Å². The van der Waals surface area contributed by atoms with Gasteiger partial charge in [-0.1, -0.05) is 11.6 Å². The molecule has 0 saturated heterocycles. The van der Waals surface area contributed by atoms with Crippen molar-refractivity contribution in [1.29, 1.82) is 0 Å². The van der Waals surface area contributed by atoms with E-state index in [-0.39, 0.29) is 6.61 Å². The number of nitrogens with one attached hydrogen (secondary N) is 1. The number of aliphatic hydroxyl groups excluding tert-OH is 1. The van der Waals surface area contributed by atoms with Gasteiger partial charge in [0.25, 0.3) is 0 Å². The fraction of sp³-hybridized carbons (Fsp3) is 0.167. The summed E-state index contributed by atoms with van der Waals surface area (Å²) in [6, 6.07) is 5.59. The fourth-order valence-corrected chi connectivity index (χ4v) is 1.69. The molecule has 16 heavy (non-hydrogen) atoms. The molecule has 0 aliphatic rings.